The summed E-state index contributed by atoms with van der Waals surface area (Å²) in [6, 6.07) is -1.34. The van der Waals surface area contributed by atoms with Crippen LogP contribution in [0.2, 0.25) is 0 Å². The van der Waals surface area contributed by atoms with Gasteiger partial charge in [-0.3, -0.25) is 14.4 Å². The third-order valence-corrected chi connectivity index (χ3v) is 7.13. The topological polar surface area (TPSA) is 139 Å². The Labute approximate surface area is 186 Å². The first kappa shape index (κ1) is 25.6. The third kappa shape index (κ3) is 5.98. The van der Waals surface area contributed by atoms with Crippen LogP contribution in [0.5, 0.6) is 0 Å². The minimum absolute atomic E-state index is 0.0500. The first-order valence-corrected chi connectivity index (χ1v) is 11.6. The monoisotopic (exact) mass is 438 g/mol. The number of aliphatic hydroxyl groups is 1. The number of nitrogens with two attached hydrogens (primary N) is 2. The van der Waals surface area contributed by atoms with Crippen LogP contribution in [-0.4, -0.2) is 59.0 Å². The fourth-order valence-corrected chi connectivity index (χ4v) is 4.85. The first-order chi connectivity index (χ1) is 14.3. The van der Waals surface area contributed by atoms with E-state index in [-0.39, 0.29) is 29.2 Å². The van der Waals surface area contributed by atoms with Crippen molar-refractivity contribution in [3.05, 3.63) is 0 Å². The van der Waals surface area contributed by atoms with Crippen molar-refractivity contribution >= 4 is 17.7 Å². The van der Waals surface area contributed by atoms with Gasteiger partial charge < -0.3 is 26.8 Å². The van der Waals surface area contributed by atoms with E-state index in [1.165, 1.54) is 0 Å². The molecule has 0 aromatic carbocycles. The number of amides is 3. The molecule has 3 amide bonds. The van der Waals surface area contributed by atoms with Gasteiger partial charge in [-0.05, 0) is 41.9 Å². The molecule has 2 aliphatic carbocycles. The lowest BCUT2D eigenvalue weighted by molar-refractivity contribution is -0.139. The largest absolute Gasteiger partial charge is 0.381 e. The van der Waals surface area contributed by atoms with E-state index < -0.39 is 24.1 Å². The average molecular weight is 439 g/mol. The van der Waals surface area contributed by atoms with Crippen molar-refractivity contribution < 1.29 is 19.5 Å². The van der Waals surface area contributed by atoms with Crippen LogP contribution in [-0.2, 0) is 14.4 Å². The van der Waals surface area contributed by atoms with Crippen molar-refractivity contribution in [2.24, 2.45) is 34.1 Å². The summed E-state index contributed by atoms with van der Waals surface area (Å²) in [6.45, 7) is 11.2. The second kappa shape index (κ2) is 9.86. The molecule has 3 aliphatic rings. The molecule has 1 heterocycles. The van der Waals surface area contributed by atoms with Crippen LogP contribution >= 0.6 is 0 Å². The lowest BCUT2D eigenvalue weighted by Gasteiger charge is -2.33. The van der Waals surface area contributed by atoms with Gasteiger partial charge in [0.05, 0.1) is 12.6 Å². The molecule has 0 aromatic rings. The van der Waals surface area contributed by atoms with E-state index in [1.807, 2.05) is 0 Å². The average Bonchev–Trinajstić information content (AvgIpc) is 2.97. The first-order valence-electron chi connectivity index (χ1n) is 11.6. The minimum Gasteiger partial charge on any atom is -0.381 e. The van der Waals surface area contributed by atoms with Crippen molar-refractivity contribution in [3.63, 3.8) is 0 Å². The zero-order valence-corrected chi connectivity index (χ0v) is 19.8. The number of hydrogen-bond acceptors (Lipinski definition) is 5. The molecule has 0 radical (unpaired) electrons. The molecule has 2 saturated carbocycles. The molecule has 0 aromatic heterocycles. The van der Waals surface area contributed by atoms with Crippen LogP contribution < -0.4 is 16.8 Å². The Morgan fingerprint density at radius 2 is 1.74 bits per heavy atom. The highest BCUT2D eigenvalue weighted by Gasteiger charge is 2.67. The number of aliphatic hydroxyl groups excluding tert-OH is 1. The van der Waals surface area contributed by atoms with Gasteiger partial charge in [-0.1, -0.05) is 53.9 Å². The lowest BCUT2D eigenvalue weighted by Crippen LogP contribution is -2.55. The number of nitrogens with zero attached hydrogens (tertiary/aromatic N) is 1. The van der Waals surface area contributed by atoms with Gasteiger partial charge in [-0.25, -0.2) is 0 Å². The molecule has 1 saturated heterocycles. The van der Waals surface area contributed by atoms with Crippen LogP contribution in [0.3, 0.4) is 0 Å². The summed E-state index contributed by atoms with van der Waals surface area (Å²) in [5.41, 5.74) is 10.9. The summed E-state index contributed by atoms with van der Waals surface area (Å²) >= 11 is 0. The normalized spacial score (nSPS) is 28.4. The lowest BCUT2D eigenvalue weighted by atomic mass is 9.79. The van der Waals surface area contributed by atoms with E-state index in [9.17, 15) is 19.5 Å². The molecule has 0 bridgehead atoms. The highest BCUT2D eigenvalue weighted by Crippen LogP contribution is 2.68. The number of rotatable bonds is 7. The number of primary amides is 1. The summed E-state index contributed by atoms with van der Waals surface area (Å²) < 4.78 is 0. The Balaban J connectivity index is 0.000000785. The summed E-state index contributed by atoms with van der Waals surface area (Å²) in [5.74, 6) is -0.217. The Hall–Kier alpha value is -1.67. The standard InChI is InChI=1S/C19H32N4O4.C4H10/c1-18(2)9-19(18)7-13(23(10-19)14(24)8-20)17(27)22-12(15(25)16(21)26)6-11-4-3-5-11;1-4(2)3/h11-13,15,25H,3-10,20H2,1-2H3,(H2,21,26)(H,22,27);4H,1-3H3. The van der Waals surface area contributed by atoms with E-state index in [2.05, 4.69) is 39.9 Å². The van der Waals surface area contributed by atoms with Gasteiger partial charge >= 0.3 is 0 Å². The van der Waals surface area contributed by atoms with Gasteiger partial charge in [-0.2, -0.15) is 0 Å². The van der Waals surface area contributed by atoms with E-state index >= 15 is 0 Å². The maximum atomic E-state index is 13.0. The predicted octanol–water partition coefficient (Wildman–Crippen LogP) is 1.15. The summed E-state index contributed by atoms with van der Waals surface area (Å²) in [6.07, 6.45) is 3.81. The van der Waals surface area contributed by atoms with Gasteiger partial charge in [0.25, 0.3) is 0 Å². The highest BCUT2D eigenvalue weighted by atomic mass is 16.3. The van der Waals surface area contributed by atoms with E-state index in [0.717, 1.165) is 31.6 Å². The number of carbonyl (C=O) groups is 3. The van der Waals surface area contributed by atoms with Gasteiger partial charge in [0.15, 0.2) is 6.10 Å². The number of carbonyl (C=O) groups excluding carboxylic acids is 3. The van der Waals surface area contributed by atoms with Gasteiger partial charge in [0.1, 0.15) is 6.04 Å². The molecule has 3 rings (SSSR count). The smallest absolute Gasteiger partial charge is 0.248 e. The highest BCUT2D eigenvalue weighted by molar-refractivity contribution is 5.90. The fraction of sp³-hybridized carbons (Fsp3) is 0.870. The second-order valence-electron chi connectivity index (χ2n) is 11.0. The quantitative estimate of drug-likeness (QED) is 0.472. The SMILES string of the molecule is CC(C)C.CC1(C)CC12CC(C(=O)NC(CC1CCC1)C(O)C(N)=O)N(C(=O)CN)C2. The van der Waals surface area contributed by atoms with Crippen molar-refractivity contribution in [1.82, 2.24) is 10.2 Å². The van der Waals surface area contributed by atoms with Crippen molar-refractivity contribution in [1.29, 1.82) is 0 Å². The van der Waals surface area contributed by atoms with Gasteiger partial charge in [0, 0.05) is 6.54 Å². The molecule has 4 unspecified atom stereocenters. The molecule has 6 N–H and O–H groups in total. The predicted molar refractivity (Wildman–Crippen MR) is 120 cm³/mol. The molecular weight excluding hydrogens is 396 g/mol. The maximum Gasteiger partial charge on any atom is 0.248 e. The van der Waals surface area contributed by atoms with Crippen molar-refractivity contribution in [3.8, 4) is 0 Å². The molecule has 3 fully saturated rings. The number of nitrogens with one attached hydrogen (secondary N) is 1. The Kier molecular flexibility index (Phi) is 8.14. The molecule has 1 spiro atoms. The zero-order chi connectivity index (χ0) is 23.6. The minimum atomic E-state index is -1.43. The summed E-state index contributed by atoms with van der Waals surface area (Å²) in [4.78, 5) is 38.4. The second-order valence-corrected chi connectivity index (χ2v) is 11.0. The van der Waals surface area contributed by atoms with Crippen LogP contribution in [0.15, 0.2) is 0 Å². The maximum absolute atomic E-state index is 13.0. The molecule has 8 heteroatoms. The van der Waals surface area contributed by atoms with E-state index in [1.54, 1.807) is 4.90 Å². The molecule has 31 heavy (non-hydrogen) atoms. The van der Waals surface area contributed by atoms with Crippen LogP contribution in [0.1, 0.15) is 73.1 Å². The van der Waals surface area contributed by atoms with Crippen LogP contribution in [0, 0.1) is 22.7 Å². The number of hydrogen-bond donors (Lipinski definition) is 4. The fourth-order valence-electron chi connectivity index (χ4n) is 4.85. The zero-order valence-electron chi connectivity index (χ0n) is 19.8. The van der Waals surface area contributed by atoms with E-state index in [4.69, 9.17) is 11.5 Å². The van der Waals surface area contributed by atoms with Crippen LogP contribution in [0.25, 0.3) is 0 Å². The van der Waals surface area contributed by atoms with Gasteiger partial charge in [-0.15, -0.1) is 0 Å². The Morgan fingerprint density at radius 1 is 1.19 bits per heavy atom. The third-order valence-electron chi connectivity index (χ3n) is 7.13. The molecular formula is C23H42N4O4. The molecule has 1 aliphatic heterocycles. The summed E-state index contributed by atoms with van der Waals surface area (Å²) in [7, 11) is 0. The molecule has 8 nitrogen and oxygen atoms in total. The van der Waals surface area contributed by atoms with E-state index in [0.29, 0.717) is 25.3 Å². The molecule has 4 atom stereocenters. The van der Waals surface area contributed by atoms with Crippen molar-refractivity contribution in [2.75, 3.05) is 13.1 Å². The summed E-state index contributed by atoms with van der Waals surface area (Å²) in [5, 5.41) is 13.0. The van der Waals surface area contributed by atoms with Crippen molar-refractivity contribution in [2.45, 2.75) is 91.3 Å². The Bertz CT molecular complexity index is 674. The van der Waals surface area contributed by atoms with Crippen LogP contribution in [0.4, 0.5) is 0 Å². The number of likely N-dealkylation sites (tertiary alicyclic amines) is 1. The Morgan fingerprint density at radius 3 is 2.13 bits per heavy atom. The molecule has 178 valence electrons. The van der Waals surface area contributed by atoms with Gasteiger partial charge in [0.2, 0.25) is 17.7 Å².